The molecule has 0 fully saturated rings. The number of halogens is 1. The summed E-state index contributed by atoms with van der Waals surface area (Å²) in [6, 6.07) is 24.9. The van der Waals surface area contributed by atoms with E-state index in [9.17, 15) is 4.39 Å². The van der Waals surface area contributed by atoms with Crippen molar-refractivity contribution in [2.75, 3.05) is 10.6 Å². The van der Waals surface area contributed by atoms with Gasteiger partial charge in [-0.3, -0.25) is 0 Å². The van der Waals surface area contributed by atoms with Crippen molar-refractivity contribution in [3.8, 4) is 11.5 Å². The Hall–Kier alpha value is -3.93. The molecule has 0 bridgehead atoms. The fourth-order valence-electron chi connectivity index (χ4n) is 2.56. The summed E-state index contributed by atoms with van der Waals surface area (Å²) in [5.41, 5.74) is 1.48. The standard InChI is InChI=1S/C22H17FN4O/c23-16-10-12-17(13-11-16)25-21-14-15-24-22(27-21)26-19-8-4-5-9-20(19)28-18-6-2-1-3-7-18/h1-15H,(H2,24,25,26,27). The molecule has 0 radical (unpaired) electrons. The van der Waals surface area contributed by atoms with Gasteiger partial charge < -0.3 is 15.4 Å². The Labute approximate surface area is 161 Å². The van der Waals surface area contributed by atoms with Crippen molar-refractivity contribution in [2.45, 2.75) is 0 Å². The van der Waals surface area contributed by atoms with Crippen LogP contribution in [-0.2, 0) is 0 Å². The zero-order valence-electron chi connectivity index (χ0n) is 14.8. The third-order valence-corrected chi connectivity index (χ3v) is 3.88. The molecule has 0 aliphatic carbocycles. The van der Waals surface area contributed by atoms with Crippen LogP contribution in [0.3, 0.4) is 0 Å². The second-order valence-corrected chi connectivity index (χ2v) is 5.93. The molecule has 138 valence electrons. The molecule has 0 aliphatic heterocycles. The fraction of sp³-hybridized carbons (Fsp3) is 0. The van der Waals surface area contributed by atoms with E-state index < -0.39 is 0 Å². The Kier molecular flexibility index (Phi) is 5.11. The molecule has 0 unspecified atom stereocenters. The maximum Gasteiger partial charge on any atom is 0.229 e. The van der Waals surface area contributed by atoms with Crippen molar-refractivity contribution in [3.63, 3.8) is 0 Å². The third-order valence-electron chi connectivity index (χ3n) is 3.88. The minimum atomic E-state index is -0.286. The average Bonchev–Trinajstić information content (AvgIpc) is 2.72. The van der Waals surface area contributed by atoms with Crippen LogP contribution in [0.2, 0.25) is 0 Å². The molecule has 1 aromatic heterocycles. The lowest BCUT2D eigenvalue weighted by Crippen LogP contribution is -2.01. The van der Waals surface area contributed by atoms with Crippen molar-refractivity contribution >= 4 is 23.1 Å². The number of nitrogens with one attached hydrogen (secondary N) is 2. The summed E-state index contributed by atoms with van der Waals surface area (Å²) in [4.78, 5) is 8.71. The highest BCUT2D eigenvalue weighted by Crippen LogP contribution is 2.30. The number of para-hydroxylation sites is 3. The highest BCUT2D eigenvalue weighted by atomic mass is 19.1. The first-order valence-corrected chi connectivity index (χ1v) is 8.71. The smallest absolute Gasteiger partial charge is 0.229 e. The van der Waals surface area contributed by atoms with Gasteiger partial charge in [-0.2, -0.15) is 4.98 Å². The van der Waals surface area contributed by atoms with Crippen LogP contribution in [0, 0.1) is 5.82 Å². The van der Waals surface area contributed by atoms with Crippen LogP contribution in [-0.4, -0.2) is 9.97 Å². The van der Waals surface area contributed by atoms with Gasteiger partial charge in [-0.25, -0.2) is 9.37 Å². The summed E-state index contributed by atoms with van der Waals surface area (Å²) in [7, 11) is 0. The number of aromatic nitrogens is 2. The molecule has 0 saturated carbocycles. The molecular formula is C22H17FN4O. The molecular weight excluding hydrogens is 355 g/mol. The van der Waals surface area contributed by atoms with Crippen LogP contribution in [0.1, 0.15) is 0 Å². The monoisotopic (exact) mass is 372 g/mol. The second kappa shape index (κ2) is 8.18. The minimum Gasteiger partial charge on any atom is -0.455 e. The molecule has 4 rings (SSSR count). The molecule has 4 aromatic rings. The predicted molar refractivity (Wildman–Crippen MR) is 108 cm³/mol. The first-order valence-electron chi connectivity index (χ1n) is 8.71. The summed E-state index contributed by atoms with van der Waals surface area (Å²) in [5.74, 6) is 2.12. The second-order valence-electron chi connectivity index (χ2n) is 5.93. The molecule has 0 atom stereocenters. The lowest BCUT2D eigenvalue weighted by Gasteiger charge is -2.13. The number of benzene rings is 3. The topological polar surface area (TPSA) is 59.1 Å². The Morgan fingerprint density at radius 2 is 1.50 bits per heavy atom. The third kappa shape index (κ3) is 4.42. The molecule has 5 nitrogen and oxygen atoms in total. The number of hydrogen-bond donors (Lipinski definition) is 2. The molecule has 0 saturated heterocycles. The van der Waals surface area contributed by atoms with Gasteiger partial charge in [0.1, 0.15) is 17.4 Å². The van der Waals surface area contributed by atoms with E-state index in [1.807, 2.05) is 54.6 Å². The summed E-state index contributed by atoms with van der Waals surface area (Å²) < 4.78 is 19.0. The van der Waals surface area contributed by atoms with Crippen molar-refractivity contribution in [2.24, 2.45) is 0 Å². The molecule has 0 spiro atoms. The van der Waals surface area contributed by atoms with Gasteiger partial charge in [0.05, 0.1) is 5.69 Å². The van der Waals surface area contributed by atoms with E-state index in [2.05, 4.69) is 20.6 Å². The molecule has 3 aromatic carbocycles. The summed E-state index contributed by atoms with van der Waals surface area (Å²) >= 11 is 0. The Morgan fingerprint density at radius 3 is 2.32 bits per heavy atom. The van der Waals surface area contributed by atoms with E-state index >= 15 is 0 Å². The van der Waals surface area contributed by atoms with Crippen molar-refractivity contribution < 1.29 is 9.13 Å². The van der Waals surface area contributed by atoms with E-state index in [1.54, 1.807) is 24.4 Å². The lowest BCUT2D eigenvalue weighted by molar-refractivity contribution is 0.485. The lowest BCUT2D eigenvalue weighted by atomic mass is 10.3. The largest absolute Gasteiger partial charge is 0.455 e. The molecule has 0 amide bonds. The van der Waals surface area contributed by atoms with Crippen LogP contribution in [0.15, 0.2) is 91.1 Å². The average molecular weight is 372 g/mol. The fourth-order valence-corrected chi connectivity index (χ4v) is 2.56. The van der Waals surface area contributed by atoms with Crippen molar-refractivity contribution in [3.05, 3.63) is 96.9 Å². The van der Waals surface area contributed by atoms with E-state index in [0.717, 1.165) is 17.1 Å². The van der Waals surface area contributed by atoms with E-state index in [4.69, 9.17) is 4.74 Å². The Balaban J connectivity index is 1.52. The van der Waals surface area contributed by atoms with Gasteiger partial charge in [-0.15, -0.1) is 0 Å². The van der Waals surface area contributed by atoms with E-state index in [-0.39, 0.29) is 5.82 Å². The van der Waals surface area contributed by atoms with Crippen molar-refractivity contribution in [1.29, 1.82) is 0 Å². The zero-order chi connectivity index (χ0) is 19.2. The maximum absolute atomic E-state index is 13.1. The normalized spacial score (nSPS) is 10.3. The molecule has 28 heavy (non-hydrogen) atoms. The van der Waals surface area contributed by atoms with E-state index in [1.165, 1.54) is 12.1 Å². The highest BCUT2D eigenvalue weighted by Gasteiger charge is 2.07. The minimum absolute atomic E-state index is 0.286. The summed E-state index contributed by atoms with van der Waals surface area (Å²) in [6.45, 7) is 0. The van der Waals surface area contributed by atoms with Crippen LogP contribution in [0.5, 0.6) is 11.5 Å². The van der Waals surface area contributed by atoms with Crippen LogP contribution >= 0.6 is 0 Å². The van der Waals surface area contributed by atoms with Gasteiger partial charge in [0.15, 0.2) is 5.75 Å². The van der Waals surface area contributed by atoms with Gasteiger partial charge >= 0.3 is 0 Å². The molecule has 6 heteroatoms. The van der Waals surface area contributed by atoms with Gasteiger partial charge in [0, 0.05) is 11.9 Å². The Bertz CT molecular complexity index is 1060. The highest BCUT2D eigenvalue weighted by molar-refractivity contribution is 5.64. The Morgan fingerprint density at radius 1 is 0.750 bits per heavy atom. The van der Waals surface area contributed by atoms with Gasteiger partial charge in [0.2, 0.25) is 5.95 Å². The van der Waals surface area contributed by atoms with Crippen molar-refractivity contribution in [1.82, 2.24) is 9.97 Å². The first kappa shape index (κ1) is 17.5. The van der Waals surface area contributed by atoms with Crippen LogP contribution < -0.4 is 15.4 Å². The first-order chi connectivity index (χ1) is 13.8. The van der Waals surface area contributed by atoms with Gasteiger partial charge in [-0.05, 0) is 54.6 Å². The number of ether oxygens (including phenoxy) is 1. The number of nitrogens with zero attached hydrogens (tertiary/aromatic N) is 2. The summed E-state index contributed by atoms with van der Waals surface area (Å²) in [6.07, 6.45) is 1.64. The molecule has 1 heterocycles. The number of anilines is 4. The zero-order valence-corrected chi connectivity index (χ0v) is 14.8. The summed E-state index contributed by atoms with van der Waals surface area (Å²) in [5, 5.41) is 6.30. The molecule has 0 aliphatic rings. The van der Waals surface area contributed by atoms with E-state index in [0.29, 0.717) is 17.5 Å². The van der Waals surface area contributed by atoms with Crippen LogP contribution in [0.4, 0.5) is 27.5 Å². The predicted octanol–water partition coefficient (Wildman–Crippen LogP) is 5.90. The molecule has 2 N–H and O–H groups in total. The van der Waals surface area contributed by atoms with Crippen LogP contribution in [0.25, 0.3) is 0 Å². The quantitative estimate of drug-likeness (QED) is 0.442. The SMILES string of the molecule is Fc1ccc(Nc2ccnc(Nc3ccccc3Oc3ccccc3)n2)cc1. The van der Waals surface area contributed by atoms with Gasteiger partial charge in [0.25, 0.3) is 0 Å². The number of hydrogen-bond acceptors (Lipinski definition) is 5. The van der Waals surface area contributed by atoms with Gasteiger partial charge in [-0.1, -0.05) is 30.3 Å². The maximum atomic E-state index is 13.1. The number of rotatable bonds is 6.